The molecule has 0 spiro atoms. The van der Waals surface area contributed by atoms with Gasteiger partial charge in [0.2, 0.25) is 10.0 Å². The highest BCUT2D eigenvalue weighted by Crippen LogP contribution is 2.24. The van der Waals surface area contributed by atoms with Gasteiger partial charge >= 0.3 is 0 Å². The second kappa shape index (κ2) is 7.96. The first-order chi connectivity index (χ1) is 9.96. The van der Waals surface area contributed by atoms with Crippen LogP contribution in [0.25, 0.3) is 0 Å². The van der Waals surface area contributed by atoms with Gasteiger partial charge < -0.3 is 15.2 Å². The normalized spacial score (nSPS) is 11.2. The number of carbonyl (C=O) groups excluding carboxylic acids is 1. The Kier molecular flexibility index (Phi) is 6.60. The van der Waals surface area contributed by atoms with Crippen molar-refractivity contribution in [1.82, 2.24) is 10.0 Å². The minimum absolute atomic E-state index is 0.0879. The number of aliphatic hydroxyl groups is 1. The van der Waals surface area contributed by atoms with Gasteiger partial charge in [0.1, 0.15) is 10.6 Å². The average molecular weight is 316 g/mol. The molecule has 3 N–H and O–H groups in total. The lowest BCUT2D eigenvalue weighted by Gasteiger charge is -2.12. The fourth-order valence-electron chi connectivity index (χ4n) is 1.61. The van der Waals surface area contributed by atoms with Crippen LogP contribution >= 0.6 is 0 Å². The van der Waals surface area contributed by atoms with E-state index in [4.69, 9.17) is 9.84 Å². The fraction of sp³-hybridized carbons (Fsp3) is 0.462. The van der Waals surface area contributed by atoms with Crippen LogP contribution < -0.4 is 14.8 Å². The molecule has 1 aromatic rings. The third-order valence-corrected chi connectivity index (χ3v) is 4.14. The van der Waals surface area contributed by atoms with E-state index in [9.17, 15) is 13.2 Å². The van der Waals surface area contributed by atoms with Crippen LogP contribution in [0.1, 0.15) is 23.7 Å². The van der Waals surface area contributed by atoms with Gasteiger partial charge in [0, 0.05) is 18.7 Å². The number of methoxy groups -OCH3 is 1. The van der Waals surface area contributed by atoms with Gasteiger partial charge in [-0.25, -0.2) is 13.1 Å². The van der Waals surface area contributed by atoms with Crippen molar-refractivity contribution in [2.24, 2.45) is 0 Å². The first-order valence-electron chi connectivity index (χ1n) is 6.53. The number of ether oxygens (including phenoxy) is 1. The van der Waals surface area contributed by atoms with Crippen LogP contribution in [0.2, 0.25) is 0 Å². The van der Waals surface area contributed by atoms with Crippen LogP contribution in [0.4, 0.5) is 0 Å². The van der Waals surface area contributed by atoms with Gasteiger partial charge in [-0.1, -0.05) is 6.92 Å². The molecule has 0 aliphatic carbocycles. The molecule has 0 atom stereocenters. The molecule has 7 nitrogen and oxygen atoms in total. The van der Waals surface area contributed by atoms with E-state index >= 15 is 0 Å². The summed E-state index contributed by atoms with van der Waals surface area (Å²) in [6, 6.07) is 4.14. The monoisotopic (exact) mass is 316 g/mol. The third-order valence-electron chi connectivity index (χ3n) is 2.65. The zero-order chi connectivity index (χ0) is 15.9. The van der Waals surface area contributed by atoms with Crippen molar-refractivity contribution in [2.75, 3.05) is 26.8 Å². The van der Waals surface area contributed by atoms with Crippen molar-refractivity contribution < 1.29 is 23.1 Å². The minimum Gasteiger partial charge on any atom is -0.495 e. The maximum atomic E-state index is 12.2. The van der Waals surface area contributed by atoms with Crippen molar-refractivity contribution in [3.8, 4) is 5.75 Å². The van der Waals surface area contributed by atoms with E-state index < -0.39 is 15.9 Å². The van der Waals surface area contributed by atoms with E-state index in [1.807, 2.05) is 6.92 Å². The maximum Gasteiger partial charge on any atom is 0.251 e. The van der Waals surface area contributed by atoms with Gasteiger partial charge in [-0.15, -0.1) is 0 Å². The van der Waals surface area contributed by atoms with Crippen LogP contribution in [0.15, 0.2) is 23.1 Å². The van der Waals surface area contributed by atoms with E-state index in [0.29, 0.717) is 13.0 Å². The molecule has 1 rings (SSSR count). The number of rotatable bonds is 8. The summed E-state index contributed by atoms with van der Waals surface area (Å²) in [5, 5.41) is 11.1. The standard InChI is InChI=1S/C13H20N2O5S/c1-3-6-15-21(18,19)12-9-10(4-5-11(12)20-2)13(17)14-7-8-16/h4-5,9,15-16H,3,6-8H2,1-2H3,(H,14,17). The Bertz CT molecular complexity index is 586. The molecule has 0 bridgehead atoms. The number of aliphatic hydroxyl groups excluding tert-OH is 1. The molecule has 1 aromatic carbocycles. The smallest absolute Gasteiger partial charge is 0.251 e. The first-order valence-corrected chi connectivity index (χ1v) is 8.01. The van der Waals surface area contributed by atoms with Crippen LogP contribution in [0, 0.1) is 0 Å². The predicted octanol–water partition coefficient (Wildman–Crippen LogP) is 0.106. The highest BCUT2D eigenvalue weighted by Gasteiger charge is 2.21. The molecule has 118 valence electrons. The predicted molar refractivity (Wildman–Crippen MR) is 77.9 cm³/mol. The lowest BCUT2D eigenvalue weighted by Crippen LogP contribution is -2.28. The fourth-order valence-corrected chi connectivity index (χ4v) is 2.94. The van der Waals surface area contributed by atoms with Crippen molar-refractivity contribution in [1.29, 1.82) is 0 Å². The zero-order valence-electron chi connectivity index (χ0n) is 12.0. The van der Waals surface area contributed by atoms with Crippen molar-refractivity contribution in [2.45, 2.75) is 18.2 Å². The molecule has 21 heavy (non-hydrogen) atoms. The summed E-state index contributed by atoms with van der Waals surface area (Å²) < 4.78 is 31.9. The number of nitrogens with one attached hydrogen (secondary N) is 2. The lowest BCUT2D eigenvalue weighted by molar-refractivity contribution is 0.0944. The highest BCUT2D eigenvalue weighted by molar-refractivity contribution is 7.89. The molecule has 0 aliphatic rings. The van der Waals surface area contributed by atoms with Gasteiger partial charge in [-0.3, -0.25) is 4.79 Å². The molecule has 0 unspecified atom stereocenters. The summed E-state index contributed by atoms with van der Waals surface area (Å²) in [4.78, 5) is 11.7. The maximum absolute atomic E-state index is 12.2. The van der Waals surface area contributed by atoms with E-state index in [-0.39, 0.29) is 29.4 Å². The average Bonchev–Trinajstić information content (AvgIpc) is 2.49. The number of hydrogen-bond donors (Lipinski definition) is 3. The Labute approximate surface area is 124 Å². The van der Waals surface area contributed by atoms with Gasteiger partial charge in [0.15, 0.2) is 0 Å². The molecule has 0 aromatic heterocycles. The largest absolute Gasteiger partial charge is 0.495 e. The van der Waals surface area contributed by atoms with Crippen LogP contribution in [0.3, 0.4) is 0 Å². The summed E-state index contributed by atoms with van der Waals surface area (Å²) in [6.45, 7) is 2.05. The molecule has 0 aliphatic heterocycles. The van der Waals surface area contributed by atoms with Crippen molar-refractivity contribution in [3.63, 3.8) is 0 Å². The van der Waals surface area contributed by atoms with E-state index in [1.54, 1.807) is 0 Å². The summed E-state index contributed by atoms with van der Waals surface area (Å²) in [6.07, 6.45) is 0.651. The number of benzene rings is 1. The van der Waals surface area contributed by atoms with Crippen molar-refractivity contribution >= 4 is 15.9 Å². The lowest BCUT2D eigenvalue weighted by atomic mass is 10.2. The number of amides is 1. The summed E-state index contributed by atoms with van der Waals surface area (Å²) in [5.74, 6) is -0.295. The molecular weight excluding hydrogens is 296 g/mol. The Balaban J connectivity index is 3.14. The molecule has 0 saturated carbocycles. The molecule has 0 radical (unpaired) electrons. The van der Waals surface area contributed by atoms with Crippen LogP contribution in [-0.4, -0.2) is 46.2 Å². The van der Waals surface area contributed by atoms with Gasteiger partial charge in [-0.05, 0) is 24.6 Å². The molecule has 8 heteroatoms. The quantitative estimate of drug-likeness (QED) is 0.631. The Morgan fingerprint density at radius 1 is 1.33 bits per heavy atom. The molecule has 0 heterocycles. The van der Waals surface area contributed by atoms with Gasteiger partial charge in [0.05, 0.1) is 13.7 Å². The SMILES string of the molecule is CCCNS(=O)(=O)c1cc(C(=O)NCCO)ccc1OC. The highest BCUT2D eigenvalue weighted by atomic mass is 32.2. The summed E-state index contributed by atoms with van der Waals surface area (Å²) in [5.41, 5.74) is 0.182. The number of sulfonamides is 1. The molecule has 0 fully saturated rings. The van der Waals surface area contributed by atoms with E-state index in [1.165, 1.54) is 25.3 Å². The Morgan fingerprint density at radius 3 is 2.62 bits per heavy atom. The van der Waals surface area contributed by atoms with Gasteiger partial charge in [-0.2, -0.15) is 0 Å². The zero-order valence-corrected chi connectivity index (χ0v) is 12.9. The van der Waals surface area contributed by atoms with E-state index in [2.05, 4.69) is 10.0 Å². The molecule has 1 amide bonds. The molecule has 0 saturated heterocycles. The van der Waals surface area contributed by atoms with Crippen LogP contribution in [0.5, 0.6) is 5.75 Å². The van der Waals surface area contributed by atoms with Gasteiger partial charge in [0.25, 0.3) is 5.91 Å². The van der Waals surface area contributed by atoms with Crippen molar-refractivity contribution in [3.05, 3.63) is 23.8 Å². The summed E-state index contributed by atoms with van der Waals surface area (Å²) >= 11 is 0. The number of hydrogen-bond acceptors (Lipinski definition) is 5. The Morgan fingerprint density at radius 2 is 2.05 bits per heavy atom. The van der Waals surface area contributed by atoms with E-state index in [0.717, 1.165) is 0 Å². The third kappa shape index (κ3) is 4.69. The minimum atomic E-state index is -3.75. The topological polar surface area (TPSA) is 105 Å². The second-order valence-electron chi connectivity index (χ2n) is 4.24. The number of carbonyl (C=O) groups is 1. The first kappa shape index (κ1) is 17.4. The molecular formula is C13H20N2O5S. The van der Waals surface area contributed by atoms with Crippen LogP contribution in [-0.2, 0) is 10.0 Å². The second-order valence-corrected chi connectivity index (χ2v) is 5.98. The Hall–Kier alpha value is -1.64. The summed E-state index contributed by atoms with van der Waals surface area (Å²) in [7, 11) is -2.39.